The summed E-state index contributed by atoms with van der Waals surface area (Å²) in [5.41, 5.74) is 3.68. The number of amides is 1. The van der Waals surface area contributed by atoms with Gasteiger partial charge in [0.15, 0.2) is 0 Å². The van der Waals surface area contributed by atoms with Gasteiger partial charge >= 0.3 is 0 Å². The average molecular weight is 419 g/mol. The van der Waals surface area contributed by atoms with E-state index in [1.165, 1.54) is 0 Å². The summed E-state index contributed by atoms with van der Waals surface area (Å²) in [6.45, 7) is 6.01. The van der Waals surface area contributed by atoms with Gasteiger partial charge in [-0.2, -0.15) is 0 Å². The van der Waals surface area contributed by atoms with Crippen molar-refractivity contribution in [2.24, 2.45) is 0 Å². The molecule has 2 aromatic carbocycles. The molecule has 31 heavy (non-hydrogen) atoms. The highest BCUT2D eigenvalue weighted by Gasteiger charge is 2.20. The molecule has 4 rings (SSSR count). The van der Waals surface area contributed by atoms with E-state index in [2.05, 4.69) is 13.0 Å². The van der Waals surface area contributed by atoms with Crippen LogP contribution in [0.1, 0.15) is 50.3 Å². The van der Waals surface area contributed by atoms with Crippen LogP contribution in [0, 0.1) is 6.92 Å². The Labute approximate surface area is 184 Å². The molecular formula is C26H30N2O3. The second-order valence-electron chi connectivity index (χ2n) is 8.02. The van der Waals surface area contributed by atoms with E-state index in [1.807, 2.05) is 54.3 Å². The van der Waals surface area contributed by atoms with E-state index in [9.17, 15) is 4.79 Å². The fourth-order valence-electron chi connectivity index (χ4n) is 3.94. The van der Waals surface area contributed by atoms with Crippen molar-refractivity contribution in [3.05, 3.63) is 59.8 Å². The molecule has 1 aromatic heterocycles. The molecule has 1 fully saturated rings. The summed E-state index contributed by atoms with van der Waals surface area (Å²) in [6.07, 6.45) is 4.74. The smallest absolute Gasteiger partial charge is 0.226 e. The number of piperidine rings is 1. The summed E-state index contributed by atoms with van der Waals surface area (Å²) in [5, 5.41) is 1.03. The van der Waals surface area contributed by atoms with Gasteiger partial charge in [0.1, 0.15) is 18.1 Å². The second-order valence-corrected chi connectivity index (χ2v) is 8.02. The number of hydrogen-bond donors (Lipinski definition) is 0. The van der Waals surface area contributed by atoms with Crippen LogP contribution in [0.3, 0.4) is 0 Å². The van der Waals surface area contributed by atoms with Crippen molar-refractivity contribution < 1.29 is 14.3 Å². The molecule has 0 saturated carbocycles. The summed E-state index contributed by atoms with van der Waals surface area (Å²) in [6, 6.07) is 15.8. The number of unbranched alkanes of at least 4 members (excludes halogenated alkanes) is 1. The molecule has 0 unspecified atom stereocenters. The standard InChI is InChI=1S/C26H30N2O3/c1-3-4-16-30-26-19(2)24(27-23-13-6-5-12-22(23)26)18-31-21-11-9-10-20(17-21)28-15-8-7-14-25(28)29/h5-6,9-13,17H,3-4,7-8,14-16,18H2,1-2H3. The third kappa shape index (κ3) is 4.82. The molecule has 0 N–H and O–H groups in total. The largest absolute Gasteiger partial charge is 0.493 e. The van der Waals surface area contributed by atoms with Gasteiger partial charge in [-0.1, -0.05) is 31.5 Å². The zero-order chi connectivity index (χ0) is 21.6. The van der Waals surface area contributed by atoms with Gasteiger partial charge in [-0.3, -0.25) is 4.79 Å². The third-order valence-electron chi connectivity index (χ3n) is 5.75. The number of para-hydroxylation sites is 1. The molecule has 0 spiro atoms. The van der Waals surface area contributed by atoms with E-state index in [0.29, 0.717) is 19.6 Å². The molecule has 5 heteroatoms. The Kier molecular flexibility index (Phi) is 6.70. The lowest BCUT2D eigenvalue weighted by Crippen LogP contribution is -2.35. The maximum absolute atomic E-state index is 12.3. The number of benzene rings is 2. The Hall–Kier alpha value is -3.08. The van der Waals surface area contributed by atoms with Crippen molar-refractivity contribution in [3.8, 4) is 11.5 Å². The van der Waals surface area contributed by atoms with E-state index in [0.717, 1.165) is 71.6 Å². The zero-order valence-corrected chi connectivity index (χ0v) is 18.4. The normalized spacial score (nSPS) is 14.1. The molecular weight excluding hydrogens is 388 g/mol. The minimum absolute atomic E-state index is 0.185. The minimum Gasteiger partial charge on any atom is -0.493 e. The summed E-state index contributed by atoms with van der Waals surface area (Å²) in [4.78, 5) is 19.0. The van der Waals surface area contributed by atoms with E-state index in [-0.39, 0.29) is 5.91 Å². The van der Waals surface area contributed by atoms with Crippen LogP contribution in [0.15, 0.2) is 48.5 Å². The Morgan fingerprint density at radius 2 is 1.94 bits per heavy atom. The van der Waals surface area contributed by atoms with Gasteiger partial charge in [-0.05, 0) is 50.5 Å². The number of ether oxygens (including phenoxy) is 2. The van der Waals surface area contributed by atoms with Crippen LogP contribution in [-0.2, 0) is 11.4 Å². The van der Waals surface area contributed by atoms with Crippen molar-refractivity contribution in [1.82, 2.24) is 4.98 Å². The fourth-order valence-corrected chi connectivity index (χ4v) is 3.94. The minimum atomic E-state index is 0.185. The Balaban J connectivity index is 1.56. The van der Waals surface area contributed by atoms with Crippen molar-refractivity contribution in [2.75, 3.05) is 18.1 Å². The number of nitrogens with zero attached hydrogens (tertiary/aromatic N) is 2. The van der Waals surface area contributed by atoms with Crippen LogP contribution in [0.25, 0.3) is 10.9 Å². The average Bonchev–Trinajstić information content (AvgIpc) is 2.80. The van der Waals surface area contributed by atoms with E-state index in [1.54, 1.807) is 0 Å². The van der Waals surface area contributed by atoms with Crippen LogP contribution in [0.2, 0.25) is 0 Å². The van der Waals surface area contributed by atoms with Gasteiger partial charge in [0.25, 0.3) is 0 Å². The maximum atomic E-state index is 12.3. The first kappa shape index (κ1) is 21.2. The molecule has 1 amide bonds. The van der Waals surface area contributed by atoms with Gasteiger partial charge in [-0.25, -0.2) is 4.98 Å². The molecule has 3 aromatic rings. The molecule has 2 heterocycles. The Morgan fingerprint density at radius 1 is 1.06 bits per heavy atom. The van der Waals surface area contributed by atoms with Gasteiger partial charge < -0.3 is 14.4 Å². The fraction of sp³-hybridized carbons (Fsp3) is 0.385. The molecule has 0 radical (unpaired) electrons. The quantitative estimate of drug-likeness (QED) is 0.433. The van der Waals surface area contributed by atoms with Gasteiger partial charge in [0.2, 0.25) is 5.91 Å². The number of aromatic nitrogens is 1. The zero-order valence-electron chi connectivity index (χ0n) is 18.4. The number of carbonyl (C=O) groups excluding carboxylic acids is 1. The summed E-state index contributed by atoms with van der Waals surface area (Å²) < 4.78 is 12.3. The summed E-state index contributed by atoms with van der Waals surface area (Å²) in [5.74, 6) is 1.81. The first-order valence-corrected chi connectivity index (χ1v) is 11.2. The number of anilines is 1. The third-order valence-corrected chi connectivity index (χ3v) is 5.75. The number of fused-ring (bicyclic) bond motifs is 1. The van der Waals surface area contributed by atoms with E-state index < -0.39 is 0 Å². The highest BCUT2D eigenvalue weighted by atomic mass is 16.5. The van der Waals surface area contributed by atoms with Crippen LogP contribution >= 0.6 is 0 Å². The van der Waals surface area contributed by atoms with Gasteiger partial charge in [-0.15, -0.1) is 0 Å². The first-order chi connectivity index (χ1) is 15.2. The topological polar surface area (TPSA) is 51.7 Å². The van der Waals surface area contributed by atoms with Crippen molar-refractivity contribution >= 4 is 22.5 Å². The predicted molar refractivity (Wildman–Crippen MR) is 124 cm³/mol. The summed E-state index contributed by atoms with van der Waals surface area (Å²) >= 11 is 0. The number of carbonyl (C=O) groups is 1. The number of hydrogen-bond acceptors (Lipinski definition) is 4. The van der Waals surface area contributed by atoms with Crippen molar-refractivity contribution in [2.45, 2.75) is 52.6 Å². The van der Waals surface area contributed by atoms with Crippen LogP contribution < -0.4 is 14.4 Å². The molecule has 1 aliphatic rings. The van der Waals surface area contributed by atoms with E-state index in [4.69, 9.17) is 14.5 Å². The van der Waals surface area contributed by atoms with Crippen molar-refractivity contribution in [3.63, 3.8) is 0 Å². The second kappa shape index (κ2) is 9.82. The Morgan fingerprint density at radius 3 is 2.77 bits per heavy atom. The molecule has 1 saturated heterocycles. The lowest BCUT2D eigenvalue weighted by Gasteiger charge is -2.27. The number of rotatable bonds is 8. The van der Waals surface area contributed by atoms with E-state index >= 15 is 0 Å². The Bertz CT molecular complexity index is 1060. The lowest BCUT2D eigenvalue weighted by atomic mass is 10.1. The van der Waals surface area contributed by atoms with Gasteiger partial charge in [0, 0.05) is 35.7 Å². The highest BCUT2D eigenvalue weighted by Crippen LogP contribution is 2.32. The predicted octanol–water partition coefficient (Wildman–Crippen LogP) is 5.82. The number of pyridine rings is 1. The monoisotopic (exact) mass is 418 g/mol. The molecule has 0 atom stereocenters. The molecule has 5 nitrogen and oxygen atoms in total. The SMILES string of the molecule is CCCCOc1c(C)c(COc2cccc(N3CCCCC3=O)c2)nc2ccccc12. The maximum Gasteiger partial charge on any atom is 0.226 e. The van der Waals surface area contributed by atoms with Crippen LogP contribution in [0.4, 0.5) is 5.69 Å². The summed E-state index contributed by atoms with van der Waals surface area (Å²) in [7, 11) is 0. The molecule has 1 aliphatic heterocycles. The van der Waals surface area contributed by atoms with Crippen LogP contribution in [-0.4, -0.2) is 24.0 Å². The lowest BCUT2D eigenvalue weighted by molar-refractivity contribution is -0.119. The van der Waals surface area contributed by atoms with Crippen molar-refractivity contribution in [1.29, 1.82) is 0 Å². The molecule has 162 valence electrons. The molecule has 0 aliphatic carbocycles. The first-order valence-electron chi connectivity index (χ1n) is 11.2. The van der Waals surface area contributed by atoms with Gasteiger partial charge in [0.05, 0.1) is 17.8 Å². The molecule has 0 bridgehead atoms. The van der Waals surface area contributed by atoms with Crippen LogP contribution in [0.5, 0.6) is 11.5 Å². The highest BCUT2D eigenvalue weighted by molar-refractivity contribution is 5.94.